The summed E-state index contributed by atoms with van der Waals surface area (Å²) in [6.07, 6.45) is 4.35. The highest BCUT2D eigenvalue weighted by Gasteiger charge is 2.11. The summed E-state index contributed by atoms with van der Waals surface area (Å²) < 4.78 is 7.16. The number of likely N-dealkylation sites (N-methyl/N-ethyl adjacent to an activating group) is 1. The number of hydrogen-bond donors (Lipinski definition) is 2. The van der Waals surface area contributed by atoms with Crippen LogP contribution in [0.15, 0.2) is 64.3 Å². The molecule has 3 aromatic rings. The van der Waals surface area contributed by atoms with E-state index in [4.69, 9.17) is 4.42 Å². The highest BCUT2D eigenvalue weighted by Crippen LogP contribution is 2.22. The lowest BCUT2D eigenvalue weighted by molar-refractivity contribution is -0.127. The Kier molecular flexibility index (Phi) is 7.26. The van der Waals surface area contributed by atoms with Gasteiger partial charge in [-0.05, 0) is 12.1 Å². The van der Waals surface area contributed by atoms with Crippen molar-refractivity contribution in [3.8, 4) is 11.3 Å². The van der Waals surface area contributed by atoms with E-state index < -0.39 is 0 Å². The SMILES string of the molecule is CN(C)C(=O)CNC(=NCc1cn(C)nc1-c1ccccc1)NCCc1ccco1. The number of amides is 1. The summed E-state index contributed by atoms with van der Waals surface area (Å²) in [5, 5.41) is 11.0. The summed E-state index contributed by atoms with van der Waals surface area (Å²) >= 11 is 0. The highest BCUT2D eigenvalue weighted by atomic mass is 16.3. The first-order chi connectivity index (χ1) is 14.5. The van der Waals surface area contributed by atoms with Gasteiger partial charge in [0.25, 0.3) is 0 Å². The van der Waals surface area contributed by atoms with E-state index in [1.807, 2.05) is 55.7 Å². The smallest absolute Gasteiger partial charge is 0.241 e. The number of aliphatic imine (C=N–C) groups is 1. The van der Waals surface area contributed by atoms with E-state index in [9.17, 15) is 4.79 Å². The van der Waals surface area contributed by atoms with Crippen molar-refractivity contribution < 1.29 is 9.21 Å². The number of guanidine groups is 1. The zero-order valence-corrected chi connectivity index (χ0v) is 17.6. The quantitative estimate of drug-likeness (QED) is 0.440. The lowest BCUT2D eigenvalue weighted by Crippen LogP contribution is -2.43. The first-order valence-corrected chi connectivity index (χ1v) is 9.85. The molecule has 0 aliphatic carbocycles. The van der Waals surface area contributed by atoms with Crippen LogP contribution in [0.2, 0.25) is 0 Å². The molecule has 0 aliphatic rings. The number of hydrogen-bond acceptors (Lipinski definition) is 4. The molecular formula is C22H28N6O2. The van der Waals surface area contributed by atoms with Crippen LogP contribution in [0.25, 0.3) is 11.3 Å². The molecule has 2 aromatic heterocycles. The molecule has 8 heteroatoms. The van der Waals surface area contributed by atoms with Crippen LogP contribution in [-0.4, -0.2) is 53.7 Å². The van der Waals surface area contributed by atoms with Gasteiger partial charge >= 0.3 is 0 Å². The molecule has 0 spiro atoms. The molecule has 0 saturated carbocycles. The molecule has 30 heavy (non-hydrogen) atoms. The summed E-state index contributed by atoms with van der Waals surface area (Å²) in [5.74, 6) is 1.44. The summed E-state index contributed by atoms with van der Waals surface area (Å²) in [5.41, 5.74) is 2.96. The van der Waals surface area contributed by atoms with Crippen molar-refractivity contribution in [2.45, 2.75) is 13.0 Å². The first-order valence-electron chi connectivity index (χ1n) is 9.85. The lowest BCUT2D eigenvalue weighted by atomic mass is 10.1. The number of rotatable bonds is 8. The minimum atomic E-state index is -0.0260. The zero-order chi connectivity index (χ0) is 21.3. The molecule has 1 aromatic carbocycles. The lowest BCUT2D eigenvalue weighted by Gasteiger charge is -2.14. The maximum absolute atomic E-state index is 12.0. The Bertz CT molecular complexity index is 961. The van der Waals surface area contributed by atoms with Crippen LogP contribution in [0.1, 0.15) is 11.3 Å². The molecule has 0 atom stereocenters. The fourth-order valence-corrected chi connectivity index (χ4v) is 2.91. The Hall–Kier alpha value is -3.55. The van der Waals surface area contributed by atoms with Gasteiger partial charge in [0, 0.05) is 51.4 Å². The van der Waals surface area contributed by atoms with Crippen molar-refractivity contribution in [2.75, 3.05) is 27.2 Å². The van der Waals surface area contributed by atoms with Crippen LogP contribution in [0.4, 0.5) is 0 Å². The third-order valence-corrected chi connectivity index (χ3v) is 4.51. The van der Waals surface area contributed by atoms with Gasteiger partial charge in [-0.3, -0.25) is 9.48 Å². The fourth-order valence-electron chi connectivity index (χ4n) is 2.91. The van der Waals surface area contributed by atoms with Crippen molar-refractivity contribution >= 4 is 11.9 Å². The summed E-state index contributed by atoms with van der Waals surface area (Å²) in [6, 6.07) is 13.8. The Balaban J connectivity index is 1.71. The number of carbonyl (C=O) groups excluding carboxylic acids is 1. The fraction of sp³-hybridized carbons (Fsp3) is 0.318. The molecule has 158 valence electrons. The zero-order valence-electron chi connectivity index (χ0n) is 17.6. The monoisotopic (exact) mass is 408 g/mol. The Labute approximate surface area is 176 Å². The number of aryl methyl sites for hydroxylation is 1. The summed E-state index contributed by atoms with van der Waals surface area (Å²) in [4.78, 5) is 18.2. The number of nitrogens with one attached hydrogen (secondary N) is 2. The van der Waals surface area contributed by atoms with Crippen molar-refractivity contribution in [1.82, 2.24) is 25.3 Å². The van der Waals surface area contributed by atoms with Crippen LogP contribution in [0.3, 0.4) is 0 Å². The average Bonchev–Trinajstić information content (AvgIpc) is 3.39. The van der Waals surface area contributed by atoms with Crippen LogP contribution in [0, 0.1) is 0 Å². The number of aromatic nitrogens is 2. The maximum atomic E-state index is 12.0. The van der Waals surface area contributed by atoms with Gasteiger partial charge in [-0.25, -0.2) is 4.99 Å². The molecular weight excluding hydrogens is 380 g/mol. The molecule has 0 bridgehead atoms. The summed E-state index contributed by atoms with van der Waals surface area (Å²) in [6.45, 7) is 1.23. The van der Waals surface area contributed by atoms with Gasteiger partial charge in [0.15, 0.2) is 5.96 Å². The Morgan fingerprint density at radius 3 is 2.67 bits per heavy atom. The molecule has 0 aliphatic heterocycles. The van der Waals surface area contributed by atoms with E-state index in [2.05, 4.69) is 20.7 Å². The Morgan fingerprint density at radius 1 is 1.17 bits per heavy atom. The van der Waals surface area contributed by atoms with Crippen molar-refractivity contribution in [3.05, 3.63) is 66.2 Å². The van der Waals surface area contributed by atoms with Crippen molar-refractivity contribution in [3.63, 3.8) is 0 Å². The topological polar surface area (TPSA) is 87.7 Å². The number of benzene rings is 1. The molecule has 2 N–H and O–H groups in total. The van der Waals surface area contributed by atoms with Gasteiger partial charge in [-0.1, -0.05) is 30.3 Å². The van der Waals surface area contributed by atoms with Gasteiger partial charge in [0.05, 0.1) is 25.0 Å². The molecule has 2 heterocycles. The van der Waals surface area contributed by atoms with Gasteiger partial charge in [-0.15, -0.1) is 0 Å². The molecule has 8 nitrogen and oxygen atoms in total. The van der Waals surface area contributed by atoms with E-state index >= 15 is 0 Å². The minimum Gasteiger partial charge on any atom is -0.469 e. The van der Waals surface area contributed by atoms with Gasteiger partial charge in [-0.2, -0.15) is 5.10 Å². The second kappa shape index (κ2) is 10.3. The maximum Gasteiger partial charge on any atom is 0.241 e. The van der Waals surface area contributed by atoms with Crippen LogP contribution in [0.5, 0.6) is 0 Å². The van der Waals surface area contributed by atoms with Gasteiger partial charge < -0.3 is 20.0 Å². The molecule has 1 amide bonds. The second-order valence-corrected chi connectivity index (χ2v) is 7.11. The van der Waals surface area contributed by atoms with E-state index in [1.165, 1.54) is 0 Å². The van der Waals surface area contributed by atoms with Crippen LogP contribution in [-0.2, 0) is 24.8 Å². The third-order valence-electron chi connectivity index (χ3n) is 4.51. The molecule has 3 rings (SSSR count). The highest BCUT2D eigenvalue weighted by molar-refractivity contribution is 5.86. The summed E-state index contributed by atoms with van der Waals surface area (Å²) in [7, 11) is 5.36. The Morgan fingerprint density at radius 2 is 1.97 bits per heavy atom. The minimum absolute atomic E-state index is 0.0260. The van der Waals surface area contributed by atoms with Crippen LogP contribution < -0.4 is 10.6 Å². The third kappa shape index (κ3) is 5.97. The first kappa shape index (κ1) is 21.2. The van der Waals surface area contributed by atoms with Crippen LogP contribution >= 0.6 is 0 Å². The van der Waals surface area contributed by atoms with E-state index in [0.29, 0.717) is 19.0 Å². The molecule has 0 radical (unpaired) electrons. The predicted octanol–water partition coefficient (Wildman–Crippen LogP) is 2.05. The predicted molar refractivity (Wildman–Crippen MR) is 117 cm³/mol. The molecule has 0 fully saturated rings. The molecule has 0 saturated heterocycles. The average molecular weight is 409 g/mol. The molecule has 0 unspecified atom stereocenters. The number of nitrogens with zero attached hydrogens (tertiary/aromatic N) is 4. The van der Waals surface area contributed by atoms with E-state index in [1.54, 1.807) is 29.9 Å². The normalized spacial score (nSPS) is 11.4. The second-order valence-electron chi connectivity index (χ2n) is 7.11. The van der Waals surface area contributed by atoms with E-state index in [-0.39, 0.29) is 12.5 Å². The number of carbonyl (C=O) groups is 1. The van der Waals surface area contributed by atoms with Crippen molar-refractivity contribution in [2.24, 2.45) is 12.0 Å². The van der Waals surface area contributed by atoms with Gasteiger partial charge in [0.2, 0.25) is 5.91 Å². The standard InChI is InChI=1S/C22H28N6O2/c1-27(2)20(29)15-25-22(23-12-11-19-10-7-13-30-19)24-14-18-16-28(3)26-21(18)17-8-5-4-6-9-17/h4-10,13,16H,11-12,14-15H2,1-3H3,(H2,23,24,25). The number of furan rings is 1. The largest absolute Gasteiger partial charge is 0.469 e. The van der Waals surface area contributed by atoms with Crippen molar-refractivity contribution in [1.29, 1.82) is 0 Å². The van der Waals surface area contributed by atoms with E-state index in [0.717, 1.165) is 29.0 Å². The van der Waals surface area contributed by atoms with Gasteiger partial charge in [0.1, 0.15) is 5.76 Å².